The summed E-state index contributed by atoms with van der Waals surface area (Å²) in [6.45, 7) is 1.26. The first-order valence-corrected chi connectivity index (χ1v) is 5.06. The van der Waals surface area contributed by atoms with Crippen molar-refractivity contribution < 1.29 is 4.74 Å². The lowest BCUT2D eigenvalue weighted by Gasteiger charge is -2.23. The Hall–Kier alpha value is -1.16. The van der Waals surface area contributed by atoms with Gasteiger partial charge >= 0.3 is 0 Å². The number of benzene rings is 1. The lowest BCUT2D eigenvalue weighted by molar-refractivity contribution is 0.0930. The molecule has 1 aromatic carbocycles. The van der Waals surface area contributed by atoms with Crippen LogP contribution in [0.5, 0.6) is 0 Å². The van der Waals surface area contributed by atoms with E-state index in [9.17, 15) is 0 Å². The second-order valence-electron chi connectivity index (χ2n) is 3.83. The molecule has 1 aromatic heterocycles. The van der Waals surface area contributed by atoms with Crippen molar-refractivity contribution in [1.82, 2.24) is 4.98 Å². The fourth-order valence-electron chi connectivity index (χ4n) is 2.16. The molecule has 1 aliphatic heterocycles. The molecule has 2 N–H and O–H groups in total. The molecule has 4 heteroatoms. The summed E-state index contributed by atoms with van der Waals surface area (Å²) in [4.78, 5) is 4.33. The first-order valence-electron chi connectivity index (χ1n) is 5.06. The number of pyridine rings is 1. The van der Waals surface area contributed by atoms with Crippen LogP contribution in [0.2, 0.25) is 0 Å². The Morgan fingerprint density at radius 3 is 3.06 bits per heavy atom. The zero-order chi connectivity index (χ0) is 10.3. The van der Waals surface area contributed by atoms with E-state index in [0.717, 1.165) is 10.9 Å². The number of aromatic nitrogens is 1. The third-order valence-corrected chi connectivity index (χ3v) is 2.84. The van der Waals surface area contributed by atoms with E-state index in [4.69, 9.17) is 10.5 Å². The third-order valence-electron chi connectivity index (χ3n) is 2.84. The monoisotopic (exact) mass is 236 g/mol. The lowest BCUT2D eigenvalue weighted by Crippen LogP contribution is -2.23. The average Bonchev–Trinajstić information content (AvgIpc) is 2.29. The molecular weight excluding hydrogens is 224 g/mol. The zero-order valence-electron chi connectivity index (χ0n) is 8.72. The summed E-state index contributed by atoms with van der Waals surface area (Å²) >= 11 is 0. The van der Waals surface area contributed by atoms with Crippen LogP contribution in [0, 0.1) is 0 Å². The van der Waals surface area contributed by atoms with Gasteiger partial charge in [-0.1, -0.05) is 12.1 Å². The van der Waals surface area contributed by atoms with Crippen LogP contribution in [0.25, 0.3) is 10.9 Å². The van der Waals surface area contributed by atoms with Gasteiger partial charge in [0, 0.05) is 11.6 Å². The van der Waals surface area contributed by atoms with Crippen LogP contribution in [0.3, 0.4) is 0 Å². The van der Waals surface area contributed by atoms with Crippen molar-refractivity contribution in [1.29, 1.82) is 0 Å². The molecule has 16 heavy (non-hydrogen) atoms. The Bertz CT molecular complexity index is 515. The summed E-state index contributed by atoms with van der Waals surface area (Å²) in [5.41, 5.74) is 9.46. The molecule has 1 unspecified atom stereocenters. The fraction of sp³-hybridized carbons (Fsp3) is 0.250. The lowest BCUT2D eigenvalue weighted by atomic mass is 9.95. The highest BCUT2D eigenvalue weighted by Crippen LogP contribution is 2.29. The van der Waals surface area contributed by atoms with E-state index in [0.29, 0.717) is 13.2 Å². The van der Waals surface area contributed by atoms with Gasteiger partial charge < -0.3 is 10.5 Å². The number of nitrogens with two attached hydrogens (primary N) is 1. The Kier molecular flexibility index (Phi) is 3.10. The minimum atomic E-state index is -0.0263. The molecule has 0 fully saturated rings. The van der Waals surface area contributed by atoms with Crippen molar-refractivity contribution in [2.45, 2.75) is 12.6 Å². The number of nitrogens with zero attached hydrogens (tertiary/aromatic N) is 1. The summed E-state index contributed by atoms with van der Waals surface area (Å²) < 4.78 is 5.41. The molecule has 0 aliphatic carbocycles. The number of ether oxygens (including phenoxy) is 1. The third kappa shape index (κ3) is 1.67. The SMILES string of the molecule is Cl.NC1COCc2ccc3ncccc3c21. The molecule has 2 heterocycles. The molecule has 2 aromatic rings. The number of halogens is 1. The smallest absolute Gasteiger partial charge is 0.0721 e. The zero-order valence-corrected chi connectivity index (χ0v) is 9.54. The maximum Gasteiger partial charge on any atom is 0.0721 e. The largest absolute Gasteiger partial charge is 0.375 e. The minimum Gasteiger partial charge on any atom is -0.375 e. The predicted octanol–water partition coefficient (Wildman–Crippen LogP) is 2.19. The van der Waals surface area contributed by atoms with Gasteiger partial charge in [-0.05, 0) is 23.3 Å². The highest BCUT2D eigenvalue weighted by Gasteiger charge is 2.19. The van der Waals surface area contributed by atoms with Crippen LogP contribution >= 0.6 is 12.4 Å². The highest BCUT2D eigenvalue weighted by atomic mass is 35.5. The molecule has 0 bridgehead atoms. The first-order chi connectivity index (χ1) is 7.36. The first kappa shape index (κ1) is 11.3. The Morgan fingerprint density at radius 1 is 1.31 bits per heavy atom. The Labute approximate surface area is 100 Å². The van der Waals surface area contributed by atoms with Gasteiger partial charge in [-0.3, -0.25) is 4.98 Å². The maximum atomic E-state index is 6.06. The number of hydrogen-bond acceptors (Lipinski definition) is 3. The normalized spacial score (nSPS) is 18.9. The van der Waals surface area contributed by atoms with E-state index >= 15 is 0 Å². The second-order valence-corrected chi connectivity index (χ2v) is 3.83. The van der Waals surface area contributed by atoms with Crippen LogP contribution in [0.15, 0.2) is 30.5 Å². The molecule has 1 atom stereocenters. The Morgan fingerprint density at radius 2 is 2.19 bits per heavy atom. The molecule has 3 nitrogen and oxygen atoms in total. The summed E-state index contributed by atoms with van der Waals surface area (Å²) in [6, 6.07) is 8.08. The molecule has 0 spiro atoms. The van der Waals surface area contributed by atoms with Gasteiger partial charge in [-0.2, -0.15) is 0 Å². The van der Waals surface area contributed by atoms with E-state index in [1.807, 2.05) is 12.1 Å². The van der Waals surface area contributed by atoms with Crippen molar-refractivity contribution in [2.24, 2.45) is 5.73 Å². The van der Waals surface area contributed by atoms with Gasteiger partial charge in [-0.15, -0.1) is 12.4 Å². The van der Waals surface area contributed by atoms with Gasteiger partial charge in [0.15, 0.2) is 0 Å². The van der Waals surface area contributed by atoms with Gasteiger partial charge in [-0.25, -0.2) is 0 Å². The Balaban J connectivity index is 0.000000963. The number of rotatable bonds is 0. The van der Waals surface area contributed by atoms with Crippen LogP contribution in [0.1, 0.15) is 17.2 Å². The van der Waals surface area contributed by atoms with Crippen LogP contribution < -0.4 is 5.73 Å². The van der Waals surface area contributed by atoms with Crippen molar-refractivity contribution >= 4 is 23.3 Å². The highest BCUT2D eigenvalue weighted by molar-refractivity contribution is 5.85. The molecule has 0 saturated carbocycles. The molecule has 0 amide bonds. The molecule has 1 aliphatic rings. The van der Waals surface area contributed by atoms with Crippen molar-refractivity contribution in [2.75, 3.05) is 6.61 Å². The van der Waals surface area contributed by atoms with Gasteiger partial charge in [0.1, 0.15) is 0 Å². The summed E-state index contributed by atoms with van der Waals surface area (Å²) in [6.07, 6.45) is 1.81. The van der Waals surface area contributed by atoms with E-state index in [1.54, 1.807) is 6.20 Å². The number of fused-ring (bicyclic) bond motifs is 3. The fourth-order valence-corrected chi connectivity index (χ4v) is 2.16. The molecular formula is C12H13ClN2O. The summed E-state index contributed by atoms with van der Waals surface area (Å²) in [5.74, 6) is 0. The predicted molar refractivity (Wildman–Crippen MR) is 65.6 cm³/mol. The standard InChI is InChI=1S/C12H12N2O.ClH/c13-10-7-15-6-8-3-4-11-9(12(8)10)2-1-5-14-11;/h1-5,10H,6-7,13H2;1H. The van der Waals surface area contributed by atoms with Crippen molar-refractivity contribution in [3.05, 3.63) is 41.6 Å². The van der Waals surface area contributed by atoms with Crippen molar-refractivity contribution in [3.8, 4) is 0 Å². The van der Waals surface area contributed by atoms with Crippen LogP contribution in [-0.2, 0) is 11.3 Å². The van der Waals surface area contributed by atoms with E-state index in [-0.39, 0.29) is 18.4 Å². The maximum absolute atomic E-state index is 6.06. The van der Waals surface area contributed by atoms with Crippen LogP contribution in [0.4, 0.5) is 0 Å². The van der Waals surface area contributed by atoms with Crippen LogP contribution in [-0.4, -0.2) is 11.6 Å². The second kappa shape index (κ2) is 4.37. The van der Waals surface area contributed by atoms with E-state index in [1.165, 1.54) is 11.1 Å². The van der Waals surface area contributed by atoms with Crippen molar-refractivity contribution in [3.63, 3.8) is 0 Å². The minimum absolute atomic E-state index is 0. The van der Waals surface area contributed by atoms with Gasteiger partial charge in [0.05, 0.1) is 24.8 Å². The molecule has 0 radical (unpaired) electrons. The van der Waals surface area contributed by atoms with Gasteiger partial charge in [0.25, 0.3) is 0 Å². The average molecular weight is 237 g/mol. The van der Waals surface area contributed by atoms with E-state index < -0.39 is 0 Å². The van der Waals surface area contributed by atoms with E-state index in [2.05, 4.69) is 17.1 Å². The molecule has 0 saturated heterocycles. The van der Waals surface area contributed by atoms with Gasteiger partial charge in [0.2, 0.25) is 0 Å². The summed E-state index contributed by atoms with van der Waals surface area (Å²) in [7, 11) is 0. The molecule has 84 valence electrons. The number of hydrogen-bond donors (Lipinski definition) is 1. The topological polar surface area (TPSA) is 48.1 Å². The molecule has 3 rings (SSSR count). The summed E-state index contributed by atoms with van der Waals surface area (Å²) in [5, 5.41) is 1.16. The quantitative estimate of drug-likeness (QED) is 0.763.